The number of nitrogens with two attached hydrogens (primary N) is 2. The molecule has 140 valence electrons. The van der Waals surface area contributed by atoms with Crippen molar-refractivity contribution in [3.63, 3.8) is 0 Å². The minimum absolute atomic E-state index is 0.0223. The van der Waals surface area contributed by atoms with E-state index in [1.807, 2.05) is 0 Å². The first-order valence-corrected chi connectivity index (χ1v) is 8.93. The van der Waals surface area contributed by atoms with E-state index in [1.54, 1.807) is 25.4 Å². The number of hydrogen-bond acceptors (Lipinski definition) is 8. The molecule has 27 heavy (non-hydrogen) atoms. The molecule has 3 aromatic heterocycles. The first kappa shape index (κ1) is 17.6. The van der Waals surface area contributed by atoms with Gasteiger partial charge in [0.05, 0.1) is 22.5 Å². The van der Waals surface area contributed by atoms with E-state index >= 15 is 0 Å². The van der Waals surface area contributed by atoms with Gasteiger partial charge in [-0.2, -0.15) is 5.10 Å². The van der Waals surface area contributed by atoms with Crippen LogP contribution in [0.4, 0.5) is 11.6 Å². The average molecular weight is 387 g/mol. The number of nitrogens with one attached hydrogen (secondary N) is 1. The summed E-state index contributed by atoms with van der Waals surface area (Å²) in [4.78, 5) is 26.9. The van der Waals surface area contributed by atoms with Gasteiger partial charge in [0.15, 0.2) is 0 Å². The van der Waals surface area contributed by atoms with E-state index in [-0.39, 0.29) is 11.6 Å². The number of halogens is 1. The molecule has 5 N–H and O–H groups in total. The third kappa shape index (κ3) is 2.98. The predicted octanol–water partition coefficient (Wildman–Crippen LogP) is 1.54. The predicted molar refractivity (Wildman–Crippen MR) is 103 cm³/mol. The first-order valence-electron chi connectivity index (χ1n) is 8.55. The van der Waals surface area contributed by atoms with Crippen molar-refractivity contribution in [2.45, 2.75) is 25.3 Å². The van der Waals surface area contributed by atoms with Gasteiger partial charge < -0.3 is 16.4 Å². The lowest BCUT2D eigenvalue weighted by atomic mass is 9.85. The molecule has 0 saturated carbocycles. The fraction of sp³-hybridized carbons (Fsp3) is 0.353. The maximum Gasteiger partial charge on any atom is 0.202 e. The molecule has 4 rings (SSSR count). The largest absolute Gasteiger partial charge is 0.382 e. The zero-order valence-corrected chi connectivity index (χ0v) is 15.5. The number of pyridine rings is 1. The second-order valence-electron chi connectivity index (χ2n) is 6.76. The zero-order valence-electron chi connectivity index (χ0n) is 14.7. The minimum atomic E-state index is -0.744. The van der Waals surface area contributed by atoms with Gasteiger partial charge in [-0.1, -0.05) is 11.6 Å². The number of hydrogen-bond donors (Lipinski definition) is 3. The molecule has 0 aliphatic carbocycles. The second-order valence-corrected chi connectivity index (χ2v) is 7.13. The Morgan fingerprint density at radius 1 is 1.33 bits per heavy atom. The molecule has 4 heterocycles. The van der Waals surface area contributed by atoms with Gasteiger partial charge in [0.1, 0.15) is 22.9 Å². The van der Waals surface area contributed by atoms with E-state index < -0.39 is 5.54 Å². The number of Topliss-reactive ketones (excluding diaryl/α,β-unsaturated/α-hetero) is 1. The number of aromatic nitrogens is 5. The normalized spacial score (nSPS) is 16.6. The summed E-state index contributed by atoms with van der Waals surface area (Å²) >= 11 is 6.26. The molecule has 9 nitrogen and oxygen atoms in total. The first-order chi connectivity index (χ1) is 12.9. The third-order valence-corrected chi connectivity index (χ3v) is 5.52. The summed E-state index contributed by atoms with van der Waals surface area (Å²) < 4.78 is 0. The number of H-pyrrole nitrogens is 1. The van der Waals surface area contributed by atoms with Crippen LogP contribution < -0.4 is 16.4 Å². The zero-order chi connectivity index (χ0) is 19.2. The Labute approximate surface area is 160 Å². The number of anilines is 2. The third-order valence-electron chi connectivity index (χ3n) is 5.12. The smallest absolute Gasteiger partial charge is 0.202 e. The molecule has 0 atom stereocenters. The summed E-state index contributed by atoms with van der Waals surface area (Å²) in [5.41, 5.74) is 13.6. The van der Waals surface area contributed by atoms with Crippen molar-refractivity contribution in [1.82, 2.24) is 25.1 Å². The van der Waals surface area contributed by atoms with Crippen LogP contribution in [0.25, 0.3) is 22.4 Å². The molecule has 0 spiro atoms. The van der Waals surface area contributed by atoms with Crippen LogP contribution >= 0.6 is 11.6 Å². The second kappa shape index (κ2) is 6.43. The number of carbonyl (C=O) groups excluding carboxylic acids is 1. The molecule has 1 aliphatic rings. The molecule has 10 heteroatoms. The van der Waals surface area contributed by atoms with Crippen LogP contribution in [0.15, 0.2) is 18.5 Å². The summed E-state index contributed by atoms with van der Waals surface area (Å²) in [6, 6.07) is 1.74. The molecule has 0 unspecified atom stereocenters. The summed E-state index contributed by atoms with van der Waals surface area (Å²) in [6.45, 7) is 2.82. The monoisotopic (exact) mass is 386 g/mol. The Morgan fingerprint density at radius 2 is 2.07 bits per heavy atom. The fourth-order valence-electron chi connectivity index (χ4n) is 3.27. The quantitative estimate of drug-likeness (QED) is 0.615. The number of rotatable bonds is 3. The van der Waals surface area contributed by atoms with Gasteiger partial charge in [-0.3, -0.25) is 9.89 Å². The number of ketones is 1. The molecule has 1 aliphatic heterocycles. The highest BCUT2D eigenvalue weighted by Crippen LogP contribution is 2.33. The number of nitrogens with zero attached hydrogens (tertiary/aromatic N) is 5. The fourth-order valence-corrected chi connectivity index (χ4v) is 3.47. The van der Waals surface area contributed by atoms with Crippen molar-refractivity contribution >= 4 is 40.2 Å². The summed E-state index contributed by atoms with van der Waals surface area (Å²) in [5.74, 6) is 0.964. The number of fused-ring (bicyclic) bond motifs is 1. The number of piperidine rings is 1. The molecule has 0 aromatic carbocycles. The minimum Gasteiger partial charge on any atom is -0.382 e. The van der Waals surface area contributed by atoms with Crippen LogP contribution in [0, 0.1) is 0 Å². The Balaban J connectivity index is 1.64. The van der Waals surface area contributed by atoms with Crippen LogP contribution in [-0.4, -0.2) is 49.6 Å². The molecule has 1 saturated heterocycles. The molecule has 1 fully saturated rings. The van der Waals surface area contributed by atoms with Crippen LogP contribution in [0.3, 0.4) is 0 Å². The van der Waals surface area contributed by atoms with Crippen molar-refractivity contribution < 1.29 is 4.79 Å². The Kier molecular flexibility index (Phi) is 4.20. The molecular formula is C17H19ClN8O. The van der Waals surface area contributed by atoms with Gasteiger partial charge >= 0.3 is 0 Å². The summed E-state index contributed by atoms with van der Waals surface area (Å²) in [6.07, 6.45) is 4.43. The molecule has 0 amide bonds. The van der Waals surface area contributed by atoms with Crippen molar-refractivity contribution in [1.29, 1.82) is 0 Å². The summed E-state index contributed by atoms with van der Waals surface area (Å²) in [5, 5.41) is 7.53. The maximum atomic E-state index is 11.7. The Bertz CT molecular complexity index is 1020. The van der Waals surface area contributed by atoms with Crippen molar-refractivity contribution in [2.75, 3.05) is 23.7 Å². The standard InChI is InChI=1S/C17H19ClN8O/c1-9(27)17(20)3-6-26(7-4-17)11-8-22-14-13(24-25-16(14)23-11)10-2-5-21-15(19)12(10)18/h2,5,8H,3-4,6-7,20H2,1H3,(H2,19,21)(H,23,24,25). The van der Waals surface area contributed by atoms with Gasteiger partial charge in [0.2, 0.25) is 5.65 Å². The van der Waals surface area contributed by atoms with Gasteiger partial charge in [-0.05, 0) is 25.8 Å². The lowest BCUT2D eigenvalue weighted by Gasteiger charge is -2.37. The van der Waals surface area contributed by atoms with Crippen LogP contribution in [0.5, 0.6) is 0 Å². The molecule has 0 radical (unpaired) electrons. The topological polar surface area (TPSA) is 140 Å². The molecular weight excluding hydrogens is 368 g/mol. The van der Waals surface area contributed by atoms with Gasteiger partial charge in [-0.15, -0.1) is 0 Å². The van der Waals surface area contributed by atoms with E-state index in [9.17, 15) is 4.79 Å². The van der Waals surface area contributed by atoms with E-state index in [1.165, 1.54) is 0 Å². The van der Waals surface area contributed by atoms with Gasteiger partial charge in [0.25, 0.3) is 0 Å². The average Bonchev–Trinajstić information content (AvgIpc) is 3.07. The van der Waals surface area contributed by atoms with Gasteiger partial charge in [0, 0.05) is 24.8 Å². The highest BCUT2D eigenvalue weighted by atomic mass is 35.5. The Morgan fingerprint density at radius 3 is 2.78 bits per heavy atom. The molecule has 3 aromatic rings. The number of carbonyl (C=O) groups is 1. The van der Waals surface area contributed by atoms with E-state index in [4.69, 9.17) is 23.1 Å². The van der Waals surface area contributed by atoms with Crippen molar-refractivity contribution in [3.05, 3.63) is 23.5 Å². The lowest BCUT2D eigenvalue weighted by Crippen LogP contribution is -2.55. The summed E-state index contributed by atoms with van der Waals surface area (Å²) in [7, 11) is 0. The molecule has 0 bridgehead atoms. The van der Waals surface area contributed by atoms with Gasteiger partial charge in [-0.25, -0.2) is 15.0 Å². The highest BCUT2D eigenvalue weighted by molar-refractivity contribution is 6.35. The SMILES string of the molecule is CC(=O)C1(N)CCN(c2cnc3c(-c4ccnc(N)c4Cl)[nH]nc3n2)CC1. The highest BCUT2D eigenvalue weighted by Gasteiger charge is 2.35. The van der Waals surface area contributed by atoms with Crippen molar-refractivity contribution in [2.24, 2.45) is 5.73 Å². The lowest BCUT2D eigenvalue weighted by molar-refractivity contribution is -0.122. The Hall–Kier alpha value is -2.78. The van der Waals surface area contributed by atoms with E-state index in [2.05, 4.69) is 30.0 Å². The van der Waals surface area contributed by atoms with Crippen molar-refractivity contribution in [3.8, 4) is 11.3 Å². The van der Waals surface area contributed by atoms with Crippen LogP contribution in [0.2, 0.25) is 5.02 Å². The van der Waals surface area contributed by atoms with Crippen LogP contribution in [0.1, 0.15) is 19.8 Å². The van der Waals surface area contributed by atoms with Crippen LogP contribution in [-0.2, 0) is 4.79 Å². The maximum absolute atomic E-state index is 11.7. The number of aromatic amines is 1. The number of nitrogen functional groups attached to an aromatic ring is 1. The van der Waals surface area contributed by atoms with E-state index in [0.29, 0.717) is 59.2 Å². The van der Waals surface area contributed by atoms with E-state index in [0.717, 1.165) is 0 Å².